The molecule has 1 rings (SSSR count). The van der Waals surface area contributed by atoms with Gasteiger partial charge in [-0.1, -0.05) is 13.8 Å². The molecule has 2 unspecified atom stereocenters. The van der Waals surface area contributed by atoms with Crippen LogP contribution < -0.4 is 10.6 Å². The smallest absolute Gasteiger partial charge is 0.407 e. The molecule has 0 aromatic rings. The maximum Gasteiger partial charge on any atom is 0.407 e. The van der Waals surface area contributed by atoms with E-state index >= 15 is 0 Å². The van der Waals surface area contributed by atoms with Crippen molar-refractivity contribution in [1.82, 2.24) is 10.6 Å². The van der Waals surface area contributed by atoms with Crippen LogP contribution in [0.15, 0.2) is 0 Å². The number of hydrogen-bond acceptors (Lipinski definition) is 4. The van der Waals surface area contributed by atoms with E-state index in [0.29, 0.717) is 12.5 Å². The number of ether oxygens (including phenoxy) is 1. The first kappa shape index (κ1) is 19.6. The second-order valence-corrected chi connectivity index (χ2v) is 9.27. The molecule has 0 bridgehead atoms. The zero-order chi connectivity index (χ0) is 16.8. The Hall–Kier alpha value is -0.420. The van der Waals surface area contributed by atoms with Crippen molar-refractivity contribution in [3.05, 3.63) is 0 Å². The van der Waals surface area contributed by atoms with E-state index in [0.717, 1.165) is 18.9 Å². The molecule has 0 spiro atoms. The van der Waals surface area contributed by atoms with E-state index in [1.807, 2.05) is 32.5 Å². The molecule has 1 saturated heterocycles. The summed E-state index contributed by atoms with van der Waals surface area (Å²) in [5, 5.41) is 6.64. The quantitative estimate of drug-likeness (QED) is 0.748. The van der Waals surface area contributed by atoms with Crippen molar-refractivity contribution in [2.45, 2.75) is 65.5 Å². The topological polar surface area (TPSA) is 50.4 Å². The van der Waals surface area contributed by atoms with E-state index in [1.54, 1.807) is 0 Å². The average molecular weight is 331 g/mol. The number of carbonyl (C=O) groups excluding carboxylic acids is 1. The van der Waals surface area contributed by atoms with Crippen molar-refractivity contribution >= 4 is 17.9 Å². The summed E-state index contributed by atoms with van der Waals surface area (Å²) >= 11 is 2.04. The first-order valence-electron chi connectivity index (χ1n) is 8.39. The van der Waals surface area contributed by atoms with Gasteiger partial charge in [-0.05, 0) is 70.4 Å². The summed E-state index contributed by atoms with van der Waals surface area (Å²) in [6.45, 7) is 13.9. The first-order valence-corrected chi connectivity index (χ1v) is 9.55. The maximum absolute atomic E-state index is 11.9. The molecule has 1 fully saturated rings. The van der Waals surface area contributed by atoms with Crippen molar-refractivity contribution in [3.8, 4) is 0 Å². The zero-order valence-corrected chi connectivity index (χ0v) is 15.9. The van der Waals surface area contributed by atoms with E-state index in [9.17, 15) is 4.79 Å². The molecule has 2 atom stereocenters. The number of thioether (sulfide) groups is 1. The molecule has 1 aliphatic heterocycles. The van der Waals surface area contributed by atoms with Gasteiger partial charge < -0.3 is 15.4 Å². The lowest BCUT2D eigenvalue weighted by molar-refractivity contribution is 0.0507. The standard InChI is InChI=1S/C17H34N2O2S/c1-13(2)9-17(6,19-10-14-7-8-22-11-14)12-18-15(20)21-16(3,4)5/h13-14,19H,7-12H2,1-6H3,(H,18,20). The number of amides is 1. The van der Waals surface area contributed by atoms with Gasteiger partial charge in [0.05, 0.1) is 0 Å². The minimum absolute atomic E-state index is 0.0850. The molecule has 22 heavy (non-hydrogen) atoms. The predicted octanol–water partition coefficient (Wildman–Crippen LogP) is 3.66. The Balaban J connectivity index is 2.48. The zero-order valence-electron chi connectivity index (χ0n) is 15.1. The van der Waals surface area contributed by atoms with Crippen LogP contribution in [-0.2, 0) is 4.74 Å². The van der Waals surface area contributed by atoms with Gasteiger partial charge in [0.25, 0.3) is 0 Å². The highest BCUT2D eigenvalue weighted by molar-refractivity contribution is 7.99. The number of hydrogen-bond donors (Lipinski definition) is 2. The monoisotopic (exact) mass is 330 g/mol. The van der Waals surface area contributed by atoms with Gasteiger partial charge in [-0.3, -0.25) is 0 Å². The van der Waals surface area contributed by atoms with Gasteiger partial charge in [-0.25, -0.2) is 4.79 Å². The van der Waals surface area contributed by atoms with Crippen LogP contribution in [-0.4, -0.2) is 41.8 Å². The van der Waals surface area contributed by atoms with Gasteiger partial charge in [0.15, 0.2) is 0 Å². The van der Waals surface area contributed by atoms with Crippen LogP contribution in [0.25, 0.3) is 0 Å². The Bertz CT molecular complexity index is 349. The Morgan fingerprint density at radius 1 is 1.32 bits per heavy atom. The summed E-state index contributed by atoms with van der Waals surface area (Å²) < 4.78 is 5.33. The Kier molecular flexibility index (Phi) is 7.53. The Morgan fingerprint density at radius 3 is 2.50 bits per heavy atom. The minimum Gasteiger partial charge on any atom is -0.444 e. The van der Waals surface area contributed by atoms with Crippen molar-refractivity contribution in [2.75, 3.05) is 24.6 Å². The lowest BCUT2D eigenvalue weighted by atomic mass is 9.90. The number of carbonyl (C=O) groups is 1. The third-order valence-electron chi connectivity index (χ3n) is 3.72. The molecule has 4 nitrogen and oxygen atoms in total. The minimum atomic E-state index is -0.451. The van der Waals surface area contributed by atoms with Crippen LogP contribution in [0.3, 0.4) is 0 Å². The number of nitrogens with one attached hydrogen (secondary N) is 2. The molecule has 1 aliphatic rings. The van der Waals surface area contributed by atoms with E-state index in [-0.39, 0.29) is 11.6 Å². The molecule has 1 amide bonds. The summed E-state index contributed by atoms with van der Waals surface area (Å²) in [6.07, 6.45) is 2.00. The normalized spacial score (nSPS) is 21.7. The second kappa shape index (κ2) is 8.44. The molecular formula is C17H34N2O2S. The Morgan fingerprint density at radius 2 is 2.00 bits per heavy atom. The van der Waals surface area contributed by atoms with Gasteiger partial charge in [-0.2, -0.15) is 11.8 Å². The summed E-state index contributed by atoms with van der Waals surface area (Å²) in [5.74, 6) is 3.88. The van der Waals surface area contributed by atoms with Crippen molar-refractivity contribution < 1.29 is 9.53 Å². The van der Waals surface area contributed by atoms with E-state index in [1.165, 1.54) is 17.9 Å². The second-order valence-electron chi connectivity index (χ2n) is 8.12. The Labute approximate surface area is 140 Å². The van der Waals surface area contributed by atoms with Gasteiger partial charge in [0, 0.05) is 12.1 Å². The highest BCUT2D eigenvalue weighted by Crippen LogP contribution is 2.24. The largest absolute Gasteiger partial charge is 0.444 e. The van der Waals surface area contributed by atoms with Crippen molar-refractivity contribution in [2.24, 2.45) is 11.8 Å². The summed E-state index contributed by atoms with van der Waals surface area (Å²) in [4.78, 5) is 11.9. The highest BCUT2D eigenvalue weighted by Gasteiger charge is 2.28. The third-order valence-corrected chi connectivity index (χ3v) is 4.95. The van der Waals surface area contributed by atoms with Crippen LogP contribution in [0.2, 0.25) is 0 Å². The summed E-state index contributed by atoms with van der Waals surface area (Å²) in [7, 11) is 0. The molecule has 0 saturated carbocycles. The fourth-order valence-electron chi connectivity index (χ4n) is 2.82. The van der Waals surface area contributed by atoms with Gasteiger partial charge >= 0.3 is 6.09 Å². The fraction of sp³-hybridized carbons (Fsp3) is 0.941. The summed E-state index contributed by atoms with van der Waals surface area (Å²) in [6, 6.07) is 0. The number of alkyl carbamates (subject to hydrolysis) is 1. The van der Waals surface area contributed by atoms with E-state index in [4.69, 9.17) is 4.74 Å². The van der Waals surface area contributed by atoms with Gasteiger partial charge in [-0.15, -0.1) is 0 Å². The highest BCUT2D eigenvalue weighted by atomic mass is 32.2. The van der Waals surface area contributed by atoms with Crippen LogP contribution in [0, 0.1) is 11.8 Å². The van der Waals surface area contributed by atoms with Gasteiger partial charge in [0.2, 0.25) is 0 Å². The molecular weight excluding hydrogens is 296 g/mol. The number of rotatable bonds is 7. The van der Waals surface area contributed by atoms with Crippen molar-refractivity contribution in [1.29, 1.82) is 0 Å². The van der Waals surface area contributed by atoms with Crippen LogP contribution in [0.1, 0.15) is 54.4 Å². The van der Waals surface area contributed by atoms with Crippen molar-refractivity contribution in [3.63, 3.8) is 0 Å². The molecule has 0 aliphatic carbocycles. The third kappa shape index (κ3) is 8.28. The van der Waals surface area contributed by atoms with Crippen LogP contribution in [0.4, 0.5) is 4.79 Å². The molecule has 130 valence electrons. The first-order chi connectivity index (χ1) is 10.1. The summed E-state index contributed by atoms with van der Waals surface area (Å²) in [5.41, 5.74) is -0.536. The molecule has 5 heteroatoms. The SMILES string of the molecule is CC(C)CC(C)(CNC(=O)OC(C)(C)C)NCC1CCSC1. The molecule has 1 heterocycles. The predicted molar refractivity (Wildman–Crippen MR) is 95.5 cm³/mol. The lowest BCUT2D eigenvalue weighted by Crippen LogP contribution is -2.53. The molecule has 0 aromatic carbocycles. The van der Waals surface area contributed by atoms with Crippen LogP contribution >= 0.6 is 11.8 Å². The maximum atomic E-state index is 11.9. The lowest BCUT2D eigenvalue weighted by Gasteiger charge is -2.34. The fourth-order valence-corrected chi connectivity index (χ4v) is 4.11. The van der Waals surface area contributed by atoms with E-state index < -0.39 is 5.60 Å². The molecule has 0 aromatic heterocycles. The van der Waals surface area contributed by atoms with Crippen LogP contribution in [0.5, 0.6) is 0 Å². The molecule has 2 N–H and O–H groups in total. The van der Waals surface area contributed by atoms with E-state index in [2.05, 4.69) is 31.4 Å². The average Bonchev–Trinajstić information content (AvgIpc) is 2.84. The molecule has 0 radical (unpaired) electrons. The van der Waals surface area contributed by atoms with Gasteiger partial charge in [0.1, 0.15) is 5.60 Å².